The zero-order valence-corrected chi connectivity index (χ0v) is 15.7. The van der Waals surface area contributed by atoms with Crippen molar-refractivity contribution >= 4 is 0 Å². The molecular formula is C20H29N5O. The lowest BCUT2D eigenvalue weighted by molar-refractivity contribution is 0.00241. The van der Waals surface area contributed by atoms with Crippen LogP contribution in [-0.2, 0) is 24.9 Å². The number of pyridine rings is 1. The van der Waals surface area contributed by atoms with Crippen molar-refractivity contribution in [3.8, 4) is 0 Å². The molecule has 2 aliphatic heterocycles. The van der Waals surface area contributed by atoms with Crippen LogP contribution in [-0.4, -0.2) is 64.0 Å². The zero-order chi connectivity index (χ0) is 17.8. The minimum atomic E-state index is 0.228. The van der Waals surface area contributed by atoms with Gasteiger partial charge in [-0.1, -0.05) is 6.07 Å². The van der Waals surface area contributed by atoms with Gasteiger partial charge in [0, 0.05) is 63.1 Å². The average molecular weight is 355 g/mol. The van der Waals surface area contributed by atoms with Crippen molar-refractivity contribution in [1.29, 1.82) is 0 Å². The number of hydrogen-bond acceptors (Lipinski definition) is 5. The molecule has 140 valence electrons. The number of piperidine rings is 1. The highest BCUT2D eigenvalue weighted by molar-refractivity contribution is 5.06. The van der Waals surface area contributed by atoms with Crippen LogP contribution < -0.4 is 0 Å². The van der Waals surface area contributed by atoms with Gasteiger partial charge in [-0.3, -0.25) is 19.5 Å². The van der Waals surface area contributed by atoms with Crippen LogP contribution in [0.3, 0.4) is 0 Å². The second-order valence-corrected chi connectivity index (χ2v) is 7.92. The number of rotatable bonds is 4. The predicted molar refractivity (Wildman–Crippen MR) is 100 cm³/mol. The van der Waals surface area contributed by atoms with Gasteiger partial charge in [-0.25, -0.2) is 0 Å². The van der Waals surface area contributed by atoms with Gasteiger partial charge in [0.1, 0.15) is 0 Å². The lowest BCUT2D eigenvalue weighted by atomic mass is 9.80. The topological polar surface area (TPSA) is 46.4 Å². The van der Waals surface area contributed by atoms with Crippen LogP contribution in [0.4, 0.5) is 0 Å². The Labute approximate surface area is 155 Å². The van der Waals surface area contributed by atoms with E-state index in [4.69, 9.17) is 4.74 Å². The third-order valence-corrected chi connectivity index (χ3v) is 5.54. The average Bonchev–Trinajstić information content (AvgIpc) is 2.94. The maximum atomic E-state index is 6.05. The van der Waals surface area contributed by atoms with Crippen molar-refractivity contribution in [2.24, 2.45) is 12.5 Å². The smallest absolute Gasteiger partial charge is 0.0593 e. The predicted octanol–water partition coefficient (Wildman–Crippen LogP) is 1.93. The van der Waals surface area contributed by atoms with Gasteiger partial charge in [-0.15, -0.1) is 0 Å². The van der Waals surface area contributed by atoms with Crippen molar-refractivity contribution in [3.63, 3.8) is 0 Å². The summed E-state index contributed by atoms with van der Waals surface area (Å²) in [5, 5.41) is 4.31. The number of likely N-dealkylation sites (tertiary alicyclic amines) is 1. The molecule has 6 nitrogen and oxygen atoms in total. The standard InChI is InChI=1S/C20H29N5O/c1-23-12-18(11-22-23)13-24-8-4-6-20(15-24)16-25(9-10-26-17-20)14-19-5-2-3-7-21-19/h2-3,5,7,11-12H,4,6,8-10,13-17H2,1H3. The molecule has 0 amide bonds. The molecule has 4 heterocycles. The monoisotopic (exact) mass is 355 g/mol. The van der Waals surface area contributed by atoms with Crippen molar-refractivity contribution in [2.45, 2.75) is 25.9 Å². The van der Waals surface area contributed by atoms with E-state index in [2.05, 4.69) is 38.2 Å². The van der Waals surface area contributed by atoms with E-state index >= 15 is 0 Å². The Morgan fingerprint density at radius 3 is 2.81 bits per heavy atom. The third kappa shape index (κ3) is 4.31. The minimum absolute atomic E-state index is 0.228. The second kappa shape index (κ2) is 7.86. The van der Waals surface area contributed by atoms with Gasteiger partial charge in [0.25, 0.3) is 0 Å². The summed E-state index contributed by atoms with van der Waals surface area (Å²) >= 11 is 0. The van der Waals surface area contributed by atoms with Crippen molar-refractivity contribution in [3.05, 3.63) is 48.0 Å². The van der Waals surface area contributed by atoms with Crippen molar-refractivity contribution in [1.82, 2.24) is 24.6 Å². The van der Waals surface area contributed by atoms with E-state index in [1.165, 1.54) is 18.4 Å². The fraction of sp³-hybridized carbons (Fsp3) is 0.600. The molecule has 2 fully saturated rings. The highest BCUT2D eigenvalue weighted by Crippen LogP contribution is 2.34. The van der Waals surface area contributed by atoms with Crippen LogP contribution in [0.5, 0.6) is 0 Å². The summed E-state index contributed by atoms with van der Waals surface area (Å²) in [6.07, 6.45) is 8.47. The Kier molecular flexibility index (Phi) is 5.33. The van der Waals surface area contributed by atoms with Crippen LogP contribution in [0, 0.1) is 5.41 Å². The van der Waals surface area contributed by atoms with Crippen LogP contribution in [0.2, 0.25) is 0 Å². The molecule has 0 N–H and O–H groups in total. The number of hydrogen-bond donors (Lipinski definition) is 0. The molecule has 0 radical (unpaired) electrons. The molecule has 0 aromatic carbocycles. The molecule has 0 bridgehead atoms. The van der Waals surface area contributed by atoms with E-state index in [-0.39, 0.29) is 5.41 Å². The molecule has 4 rings (SSSR count). The summed E-state index contributed by atoms with van der Waals surface area (Å²) in [5.41, 5.74) is 2.67. The Bertz CT molecular complexity index is 703. The molecule has 26 heavy (non-hydrogen) atoms. The number of aryl methyl sites for hydroxylation is 1. The van der Waals surface area contributed by atoms with Gasteiger partial charge >= 0.3 is 0 Å². The molecule has 0 aliphatic carbocycles. The molecule has 1 atom stereocenters. The van der Waals surface area contributed by atoms with Gasteiger partial charge < -0.3 is 4.74 Å². The molecule has 1 spiro atoms. The van der Waals surface area contributed by atoms with E-state index in [0.29, 0.717) is 0 Å². The maximum Gasteiger partial charge on any atom is 0.0593 e. The molecule has 2 saturated heterocycles. The summed E-state index contributed by atoms with van der Waals surface area (Å²) in [6, 6.07) is 6.17. The lowest BCUT2D eigenvalue weighted by Gasteiger charge is -2.43. The van der Waals surface area contributed by atoms with E-state index in [0.717, 1.165) is 58.2 Å². The summed E-state index contributed by atoms with van der Waals surface area (Å²) < 4.78 is 7.94. The lowest BCUT2D eigenvalue weighted by Crippen LogP contribution is -2.50. The molecule has 1 unspecified atom stereocenters. The molecule has 2 aromatic rings. The highest BCUT2D eigenvalue weighted by atomic mass is 16.5. The first-order chi connectivity index (χ1) is 12.7. The maximum absolute atomic E-state index is 6.05. The van der Waals surface area contributed by atoms with Crippen molar-refractivity contribution < 1.29 is 4.74 Å². The number of aromatic nitrogens is 3. The summed E-state index contributed by atoms with van der Waals surface area (Å²) in [5.74, 6) is 0. The zero-order valence-electron chi connectivity index (χ0n) is 15.7. The normalized spacial score (nSPS) is 25.4. The molecule has 2 aliphatic rings. The second-order valence-electron chi connectivity index (χ2n) is 7.92. The van der Waals surface area contributed by atoms with Gasteiger partial charge in [0.05, 0.1) is 25.1 Å². The molecule has 6 heteroatoms. The van der Waals surface area contributed by atoms with Crippen LogP contribution >= 0.6 is 0 Å². The highest BCUT2D eigenvalue weighted by Gasteiger charge is 2.38. The van der Waals surface area contributed by atoms with E-state index < -0.39 is 0 Å². The minimum Gasteiger partial charge on any atom is -0.379 e. The fourth-order valence-electron chi connectivity index (χ4n) is 4.44. The van der Waals surface area contributed by atoms with E-state index in [1.54, 1.807) is 0 Å². The quantitative estimate of drug-likeness (QED) is 0.839. The summed E-state index contributed by atoms with van der Waals surface area (Å²) in [4.78, 5) is 9.62. The molecule has 0 saturated carbocycles. The fourth-order valence-corrected chi connectivity index (χ4v) is 4.44. The van der Waals surface area contributed by atoms with Gasteiger partial charge in [0.2, 0.25) is 0 Å². The Morgan fingerprint density at radius 2 is 2.04 bits per heavy atom. The van der Waals surface area contributed by atoms with Gasteiger partial charge in [-0.05, 0) is 31.5 Å². The van der Waals surface area contributed by atoms with Crippen LogP contribution in [0.15, 0.2) is 36.8 Å². The molecule has 2 aromatic heterocycles. The van der Waals surface area contributed by atoms with Crippen LogP contribution in [0.1, 0.15) is 24.1 Å². The SMILES string of the molecule is Cn1cc(CN2CCCC3(COCCN(Cc4ccccn4)C3)C2)cn1. The van der Waals surface area contributed by atoms with E-state index in [9.17, 15) is 0 Å². The number of nitrogens with zero attached hydrogens (tertiary/aromatic N) is 5. The Hall–Kier alpha value is -1.76. The van der Waals surface area contributed by atoms with Gasteiger partial charge in [0.15, 0.2) is 0 Å². The first-order valence-corrected chi connectivity index (χ1v) is 9.61. The Balaban J connectivity index is 1.43. The van der Waals surface area contributed by atoms with Gasteiger partial charge in [-0.2, -0.15) is 5.10 Å². The summed E-state index contributed by atoms with van der Waals surface area (Å²) in [7, 11) is 1.98. The summed E-state index contributed by atoms with van der Waals surface area (Å²) in [6.45, 7) is 7.92. The third-order valence-electron chi connectivity index (χ3n) is 5.54. The first kappa shape index (κ1) is 17.6. The Morgan fingerprint density at radius 1 is 1.15 bits per heavy atom. The first-order valence-electron chi connectivity index (χ1n) is 9.61. The van der Waals surface area contributed by atoms with Crippen molar-refractivity contribution in [2.75, 3.05) is 39.4 Å². The largest absolute Gasteiger partial charge is 0.379 e. The molecular weight excluding hydrogens is 326 g/mol. The van der Waals surface area contributed by atoms with Crippen LogP contribution in [0.25, 0.3) is 0 Å². The van der Waals surface area contributed by atoms with E-state index in [1.807, 2.05) is 30.2 Å². The number of ether oxygens (including phenoxy) is 1.